The topological polar surface area (TPSA) is 96.0 Å². The number of esters is 1. The van der Waals surface area contributed by atoms with Crippen LogP contribution in [0.3, 0.4) is 0 Å². The van der Waals surface area contributed by atoms with Gasteiger partial charge in [0.15, 0.2) is 12.7 Å². The van der Waals surface area contributed by atoms with Gasteiger partial charge < -0.3 is 20.0 Å². The van der Waals surface area contributed by atoms with Crippen molar-refractivity contribution in [3.63, 3.8) is 0 Å². The molecular weight excluding hydrogens is 412 g/mol. The summed E-state index contributed by atoms with van der Waals surface area (Å²) in [5.74, 6) is -2.14. The zero-order chi connectivity index (χ0) is 20.7. The van der Waals surface area contributed by atoms with Crippen LogP contribution in [0.5, 0.6) is 5.88 Å². The summed E-state index contributed by atoms with van der Waals surface area (Å²) in [6, 6.07) is 9.47. The number of nitrogen functional groups attached to an aromatic ring is 1. The molecule has 2 N–H and O–H groups in total. The lowest BCUT2D eigenvalue weighted by Crippen LogP contribution is -2.27. The molecule has 1 aromatic heterocycles. The van der Waals surface area contributed by atoms with Crippen LogP contribution in [0, 0.1) is 5.95 Å². The third-order valence-corrected chi connectivity index (χ3v) is 4.20. The van der Waals surface area contributed by atoms with E-state index in [0.29, 0.717) is 5.71 Å². The van der Waals surface area contributed by atoms with E-state index in [1.807, 2.05) is 30.3 Å². The summed E-state index contributed by atoms with van der Waals surface area (Å²) in [5.41, 5.74) is 6.92. The van der Waals surface area contributed by atoms with Crippen LogP contribution in [0.4, 0.5) is 10.1 Å². The average Bonchev–Trinajstić information content (AvgIpc) is 2.70. The molecule has 1 atom stereocenters. The van der Waals surface area contributed by atoms with E-state index in [-0.39, 0.29) is 29.8 Å². The second kappa shape index (κ2) is 10.1. The number of rotatable bonds is 8. The van der Waals surface area contributed by atoms with Crippen molar-refractivity contribution in [3.8, 4) is 5.88 Å². The Kier molecular flexibility index (Phi) is 7.83. The van der Waals surface area contributed by atoms with Gasteiger partial charge in [-0.2, -0.15) is 9.37 Å². The Morgan fingerprint density at radius 1 is 1.25 bits per heavy atom. The van der Waals surface area contributed by atoms with Gasteiger partial charge in [0.25, 0.3) is 0 Å². The molecule has 0 saturated carbocycles. The number of benzene rings is 1. The molecule has 0 fully saturated rings. The molecule has 7 nitrogen and oxygen atoms in total. The molecule has 0 amide bonds. The molecule has 0 bridgehead atoms. The van der Waals surface area contributed by atoms with Crippen LogP contribution in [0.2, 0.25) is 10.0 Å². The zero-order valence-electron chi connectivity index (χ0n) is 15.1. The molecule has 1 aromatic carbocycles. The molecule has 0 aliphatic carbocycles. The largest absolute Gasteiger partial charge is 0.461 e. The predicted octanol–water partition coefficient (Wildman–Crippen LogP) is 3.86. The summed E-state index contributed by atoms with van der Waals surface area (Å²) < 4.78 is 23.8. The van der Waals surface area contributed by atoms with E-state index in [0.717, 1.165) is 5.56 Å². The third-order valence-electron chi connectivity index (χ3n) is 3.47. The van der Waals surface area contributed by atoms with Gasteiger partial charge in [-0.25, -0.2) is 4.79 Å². The Morgan fingerprint density at radius 2 is 1.93 bits per heavy atom. The summed E-state index contributed by atoms with van der Waals surface area (Å²) in [5, 5.41) is 3.33. The van der Waals surface area contributed by atoms with Gasteiger partial charge >= 0.3 is 5.97 Å². The monoisotopic (exact) mass is 429 g/mol. The second-order valence-corrected chi connectivity index (χ2v) is 6.31. The van der Waals surface area contributed by atoms with Crippen molar-refractivity contribution in [2.24, 2.45) is 5.16 Å². The van der Waals surface area contributed by atoms with Crippen molar-refractivity contribution in [1.82, 2.24) is 4.98 Å². The fourth-order valence-corrected chi connectivity index (χ4v) is 2.34. The van der Waals surface area contributed by atoms with Gasteiger partial charge in [0.05, 0.1) is 11.4 Å². The minimum atomic E-state index is -1.11. The third kappa shape index (κ3) is 5.71. The van der Waals surface area contributed by atoms with Crippen molar-refractivity contribution in [3.05, 3.63) is 51.9 Å². The highest BCUT2D eigenvalue weighted by molar-refractivity contribution is 6.39. The molecule has 150 valence electrons. The highest BCUT2D eigenvalue weighted by Gasteiger charge is 2.22. The highest BCUT2D eigenvalue weighted by atomic mass is 35.5. The zero-order valence-corrected chi connectivity index (χ0v) is 16.6. The van der Waals surface area contributed by atoms with Crippen molar-refractivity contribution >= 4 is 40.6 Å². The Bertz CT molecular complexity index is 866. The van der Waals surface area contributed by atoms with Crippen LogP contribution in [-0.2, 0) is 14.4 Å². The van der Waals surface area contributed by atoms with Gasteiger partial charge in [-0.15, -0.1) is 0 Å². The van der Waals surface area contributed by atoms with Gasteiger partial charge in [-0.05, 0) is 19.4 Å². The molecule has 2 aromatic rings. The molecule has 0 radical (unpaired) electrons. The van der Waals surface area contributed by atoms with E-state index in [2.05, 4.69) is 10.1 Å². The number of carbonyl (C=O) groups excluding carboxylic acids is 1. The predicted molar refractivity (Wildman–Crippen MR) is 104 cm³/mol. The molecular formula is C18H18Cl2FN3O4. The minimum absolute atomic E-state index is 0.0458. The Balaban J connectivity index is 1.80. The highest BCUT2D eigenvalue weighted by Crippen LogP contribution is 2.35. The van der Waals surface area contributed by atoms with Crippen molar-refractivity contribution < 1.29 is 23.5 Å². The van der Waals surface area contributed by atoms with Gasteiger partial charge in [0.1, 0.15) is 16.7 Å². The average molecular weight is 430 g/mol. The smallest absolute Gasteiger partial charge is 0.347 e. The first-order valence-electron chi connectivity index (χ1n) is 8.16. The number of pyridine rings is 1. The van der Waals surface area contributed by atoms with E-state index in [9.17, 15) is 9.18 Å². The normalized spacial score (nSPS) is 12.4. The second-order valence-electron chi connectivity index (χ2n) is 5.55. The van der Waals surface area contributed by atoms with E-state index in [1.165, 1.54) is 6.92 Å². The van der Waals surface area contributed by atoms with Crippen LogP contribution in [0.15, 0.2) is 35.5 Å². The summed E-state index contributed by atoms with van der Waals surface area (Å²) in [7, 11) is 0. The molecule has 28 heavy (non-hydrogen) atoms. The van der Waals surface area contributed by atoms with Crippen molar-refractivity contribution in [1.29, 1.82) is 0 Å². The molecule has 0 aliphatic heterocycles. The summed E-state index contributed by atoms with van der Waals surface area (Å²) in [4.78, 5) is 20.5. The van der Waals surface area contributed by atoms with Gasteiger partial charge in [-0.3, -0.25) is 0 Å². The quantitative estimate of drug-likeness (QED) is 0.225. The number of nitrogens with two attached hydrogens (primary N) is 1. The number of hydrogen-bond acceptors (Lipinski definition) is 7. The van der Waals surface area contributed by atoms with Gasteiger partial charge in [0.2, 0.25) is 11.8 Å². The Hall–Kier alpha value is -2.58. The number of aromatic nitrogens is 1. The molecule has 0 unspecified atom stereocenters. The standard InChI is InChI=1S/C18H18Cl2FN3O4/c1-10(12-6-4-3-5-7-12)24-27-9-8-26-18(25)11(2)28-17-14(20)15(22)13(19)16(21)23-17/h3-7,11H,8-9H2,1-2H3,(H2,22,23)/b24-10+/t11-/m1/s1. The van der Waals surface area contributed by atoms with E-state index in [4.69, 9.17) is 43.2 Å². The number of carbonyl (C=O) groups is 1. The number of halogens is 3. The lowest BCUT2D eigenvalue weighted by Gasteiger charge is -2.15. The lowest BCUT2D eigenvalue weighted by atomic mass is 10.1. The number of hydrogen-bond donors (Lipinski definition) is 1. The first-order valence-corrected chi connectivity index (χ1v) is 8.92. The number of anilines is 1. The lowest BCUT2D eigenvalue weighted by molar-refractivity contribution is -0.152. The number of ether oxygens (including phenoxy) is 2. The molecule has 1 heterocycles. The maximum atomic E-state index is 13.5. The number of nitrogens with zero attached hydrogens (tertiary/aromatic N) is 2. The van der Waals surface area contributed by atoms with Crippen LogP contribution in [-0.4, -0.2) is 36.0 Å². The minimum Gasteiger partial charge on any atom is -0.461 e. The summed E-state index contributed by atoms with van der Waals surface area (Å²) in [6.07, 6.45) is -1.11. The SMILES string of the molecule is C/C(=N\OCCOC(=O)[C@@H](C)Oc1nc(F)c(Cl)c(N)c1Cl)c1ccccc1. The first kappa shape index (κ1) is 21.7. The van der Waals surface area contributed by atoms with E-state index >= 15 is 0 Å². The number of oxime groups is 1. The Labute approximate surface area is 171 Å². The van der Waals surface area contributed by atoms with Gasteiger partial charge in [-0.1, -0.05) is 58.7 Å². The van der Waals surface area contributed by atoms with Crippen LogP contribution in [0.25, 0.3) is 0 Å². The summed E-state index contributed by atoms with van der Waals surface area (Å²) in [6.45, 7) is 3.17. The van der Waals surface area contributed by atoms with E-state index in [1.54, 1.807) is 6.92 Å². The van der Waals surface area contributed by atoms with Crippen molar-refractivity contribution in [2.45, 2.75) is 20.0 Å². The van der Waals surface area contributed by atoms with Crippen molar-refractivity contribution in [2.75, 3.05) is 18.9 Å². The van der Waals surface area contributed by atoms with Crippen LogP contribution < -0.4 is 10.5 Å². The maximum absolute atomic E-state index is 13.5. The van der Waals surface area contributed by atoms with Crippen LogP contribution in [0.1, 0.15) is 19.4 Å². The molecule has 0 spiro atoms. The van der Waals surface area contributed by atoms with Crippen LogP contribution >= 0.6 is 23.2 Å². The Morgan fingerprint density at radius 3 is 2.61 bits per heavy atom. The molecule has 0 saturated heterocycles. The molecule has 10 heteroatoms. The van der Waals surface area contributed by atoms with E-state index < -0.39 is 23.0 Å². The summed E-state index contributed by atoms with van der Waals surface area (Å²) >= 11 is 11.5. The first-order chi connectivity index (χ1) is 13.3. The maximum Gasteiger partial charge on any atom is 0.347 e. The molecule has 0 aliphatic rings. The fraction of sp³-hybridized carbons (Fsp3) is 0.278. The van der Waals surface area contributed by atoms with Gasteiger partial charge in [0, 0.05) is 0 Å². The fourth-order valence-electron chi connectivity index (χ4n) is 1.98. The molecule has 2 rings (SSSR count).